The fourth-order valence-electron chi connectivity index (χ4n) is 2.97. The van der Waals surface area contributed by atoms with E-state index in [1.54, 1.807) is 24.3 Å². The number of amides is 3. The highest BCUT2D eigenvalue weighted by molar-refractivity contribution is 6.22. The van der Waals surface area contributed by atoms with Crippen LogP contribution in [-0.2, 0) is 20.7 Å². The van der Waals surface area contributed by atoms with Crippen molar-refractivity contribution in [2.24, 2.45) is 0 Å². The largest absolute Gasteiger partial charge is 0.508 e. The number of phenolic OH excluding ortho intramolecular Hbond substituents is 1. The molecule has 2 aromatic carbocycles. The summed E-state index contributed by atoms with van der Waals surface area (Å²) in [5, 5.41) is 11.8. The molecule has 3 rings (SSSR count). The van der Waals surface area contributed by atoms with Crippen molar-refractivity contribution in [1.82, 2.24) is 10.2 Å². The Morgan fingerprint density at radius 1 is 1.04 bits per heavy atom. The summed E-state index contributed by atoms with van der Waals surface area (Å²) in [5.74, 6) is -2.35. The number of carbonyl (C=O) groups is 4. The van der Waals surface area contributed by atoms with Crippen LogP contribution in [0, 0.1) is 0 Å². The highest BCUT2D eigenvalue weighted by Crippen LogP contribution is 2.22. The maximum absolute atomic E-state index is 12.4. The van der Waals surface area contributed by atoms with Crippen LogP contribution in [0.3, 0.4) is 0 Å². The van der Waals surface area contributed by atoms with E-state index in [1.807, 2.05) is 0 Å². The molecule has 0 unspecified atom stereocenters. The number of methoxy groups -OCH3 is 1. The lowest BCUT2D eigenvalue weighted by Crippen LogP contribution is -2.48. The van der Waals surface area contributed by atoms with Gasteiger partial charge in [0, 0.05) is 6.42 Å². The lowest BCUT2D eigenvalue weighted by molar-refractivity contribution is -0.145. The van der Waals surface area contributed by atoms with E-state index in [0.717, 1.165) is 4.90 Å². The highest BCUT2D eigenvalue weighted by Gasteiger charge is 2.36. The Bertz CT molecular complexity index is 903. The Balaban J connectivity index is 1.69. The van der Waals surface area contributed by atoms with Gasteiger partial charge in [-0.25, -0.2) is 4.79 Å². The van der Waals surface area contributed by atoms with Crippen molar-refractivity contribution in [3.05, 3.63) is 65.2 Å². The SMILES string of the molecule is COC(=O)[C@H](Cc1ccc(O)cc1)NC(=O)CN1C(=O)c2ccccc2C1=O. The zero-order valence-electron chi connectivity index (χ0n) is 15.0. The van der Waals surface area contributed by atoms with Crippen LogP contribution < -0.4 is 5.32 Å². The van der Waals surface area contributed by atoms with Crippen LogP contribution in [-0.4, -0.2) is 53.4 Å². The van der Waals surface area contributed by atoms with E-state index in [9.17, 15) is 24.3 Å². The maximum atomic E-state index is 12.4. The van der Waals surface area contributed by atoms with Crippen molar-refractivity contribution in [1.29, 1.82) is 0 Å². The lowest BCUT2D eigenvalue weighted by atomic mass is 10.1. The molecule has 0 radical (unpaired) electrons. The van der Waals surface area contributed by atoms with E-state index in [-0.39, 0.29) is 23.3 Å². The molecule has 8 nitrogen and oxygen atoms in total. The Hall–Kier alpha value is -3.68. The molecule has 0 fully saturated rings. The predicted molar refractivity (Wildman–Crippen MR) is 97.6 cm³/mol. The van der Waals surface area contributed by atoms with Gasteiger partial charge in [0.1, 0.15) is 18.3 Å². The van der Waals surface area contributed by atoms with Crippen LogP contribution in [0.2, 0.25) is 0 Å². The second-order valence-corrected chi connectivity index (χ2v) is 6.26. The van der Waals surface area contributed by atoms with Crippen molar-refractivity contribution in [2.45, 2.75) is 12.5 Å². The number of hydrogen-bond donors (Lipinski definition) is 2. The van der Waals surface area contributed by atoms with Crippen LogP contribution in [0.5, 0.6) is 5.75 Å². The molecule has 1 atom stereocenters. The molecule has 1 heterocycles. The molecule has 8 heteroatoms. The molecule has 0 saturated heterocycles. The van der Waals surface area contributed by atoms with Gasteiger partial charge in [-0.15, -0.1) is 0 Å². The summed E-state index contributed by atoms with van der Waals surface area (Å²) in [6.07, 6.45) is 0.126. The van der Waals surface area contributed by atoms with E-state index in [1.165, 1.54) is 31.4 Å². The summed E-state index contributed by atoms with van der Waals surface area (Å²) >= 11 is 0. The third-order valence-corrected chi connectivity index (χ3v) is 4.38. The molecule has 1 aliphatic heterocycles. The molecule has 28 heavy (non-hydrogen) atoms. The van der Waals surface area contributed by atoms with Crippen LogP contribution in [0.25, 0.3) is 0 Å². The lowest BCUT2D eigenvalue weighted by Gasteiger charge is -2.19. The van der Waals surface area contributed by atoms with Gasteiger partial charge in [0.15, 0.2) is 0 Å². The average Bonchev–Trinajstić information content (AvgIpc) is 2.93. The number of rotatable bonds is 6. The summed E-state index contributed by atoms with van der Waals surface area (Å²) in [4.78, 5) is 50.0. The van der Waals surface area contributed by atoms with Gasteiger partial charge in [-0.1, -0.05) is 24.3 Å². The summed E-state index contributed by atoms with van der Waals surface area (Å²) in [6.45, 7) is -0.505. The van der Waals surface area contributed by atoms with Crippen molar-refractivity contribution >= 4 is 23.7 Å². The van der Waals surface area contributed by atoms with E-state index >= 15 is 0 Å². The van der Waals surface area contributed by atoms with Gasteiger partial charge in [0.2, 0.25) is 5.91 Å². The number of ether oxygens (including phenoxy) is 1. The first-order valence-corrected chi connectivity index (χ1v) is 8.51. The summed E-state index contributed by atoms with van der Waals surface area (Å²) in [6, 6.07) is 11.5. The molecule has 0 spiro atoms. The van der Waals surface area contributed by atoms with Crippen LogP contribution >= 0.6 is 0 Å². The topological polar surface area (TPSA) is 113 Å². The second kappa shape index (κ2) is 7.91. The highest BCUT2D eigenvalue weighted by atomic mass is 16.5. The minimum absolute atomic E-state index is 0.0769. The second-order valence-electron chi connectivity index (χ2n) is 6.26. The fraction of sp³-hybridized carbons (Fsp3) is 0.200. The number of nitrogens with one attached hydrogen (secondary N) is 1. The van der Waals surface area contributed by atoms with Gasteiger partial charge in [-0.2, -0.15) is 0 Å². The Morgan fingerprint density at radius 2 is 1.61 bits per heavy atom. The quantitative estimate of drug-likeness (QED) is 0.567. The first kappa shape index (κ1) is 19.1. The first-order chi connectivity index (χ1) is 13.4. The molecular weight excluding hydrogens is 364 g/mol. The fourth-order valence-corrected chi connectivity index (χ4v) is 2.97. The van der Waals surface area contributed by atoms with E-state index < -0.39 is 36.3 Å². The zero-order valence-corrected chi connectivity index (χ0v) is 15.0. The Kier molecular flexibility index (Phi) is 5.39. The van der Waals surface area contributed by atoms with Crippen molar-refractivity contribution in [3.8, 4) is 5.75 Å². The molecule has 0 saturated carbocycles. The standard InChI is InChI=1S/C20H18N2O6/c1-28-20(27)16(10-12-6-8-13(23)9-7-12)21-17(24)11-22-18(25)14-4-2-3-5-15(14)19(22)26/h2-9,16,23H,10-11H2,1H3,(H,21,24)/t16-/m0/s1. The molecule has 0 aromatic heterocycles. The smallest absolute Gasteiger partial charge is 0.328 e. The molecule has 0 aliphatic carbocycles. The minimum Gasteiger partial charge on any atom is -0.508 e. The van der Waals surface area contributed by atoms with Gasteiger partial charge < -0.3 is 15.2 Å². The number of carbonyl (C=O) groups excluding carboxylic acids is 4. The minimum atomic E-state index is -1.00. The zero-order chi connectivity index (χ0) is 20.3. The van der Waals surface area contributed by atoms with Crippen LogP contribution in [0.4, 0.5) is 0 Å². The van der Waals surface area contributed by atoms with Gasteiger partial charge in [-0.3, -0.25) is 19.3 Å². The number of aromatic hydroxyl groups is 1. The number of benzene rings is 2. The molecule has 144 valence electrons. The Labute approximate surface area is 160 Å². The van der Waals surface area contributed by atoms with E-state index in [4.69, 9.17) is 4.74 Å². The van der Waals surface area contributed by atoms with Crippen molar-refractivity contribution in [3.63, 3.8) is 0 Å². The molecule has 3 amide bonds. The van der Waals surface area contributed by atoms with Crippen molar-refractivity contribution < 1.29 is 29.0 Å². The normalized spacial score (nSPS) is 13.8. The summed E-state index contributed by atoms with van der Waals surface area (Å²) < 4.78 is 4.72. The maximum Gasteiger partial charge on any atom is 0.328 e. The number of esters is 1. The number of nitrogens with zero attached hydrogens (tertiary/aromatic N) is 1. The third kappa shape index (κ3) is 3.85. The number of imide groups is 1. The van der Waals surface area contributed by atoms with Crippen LogP contribution in [0.1, 0.15) is 26.3 Å². The number of phenols is 1. The summed E-state index contributed by atoms with van der Waals surface area (Å²) in [5.41, 5.74) is 1.18. The summed E-state index contributed by atoms with van der Waals surface area (Å²) in [7, 11) is 1.20. The predicted octanol–water partition coefficient (Wildman–Crippen LogP) is 0.889. The third-order valence-electron chi connectivity index (χ3n) is 4.38. The molecule has 1 aliphatic rings. The van der Waals surface area contributed by atoms with Crippen LogP contribution in [0.15, 0.2) is 48.5 Å². The number of fused-ring (bicyclic) bond motifs is 1. The molecular formula is C20H18N2O6. The van der Waals surface area contributed by atoms with E-state index in [2.05, 4.69) is 5.32 Å². The monoisotopic (exact) mass is 382 g/mol. The van der Waals surface area contributed by atoms with Gasteiger partial charge in [0.05, 0.1) is 18.2 Å². The van der Waals surface area contributed by atoms with Gasteiger partial charge in [0.25, 0.3) is 11.8 Å². The molecule has 2 aromatic rings. The van der Waals surface area contributed by atoms with Gasteiger partial charge >= 0.3 is 5.97 Å². The molecule has 2 N–H and O–H groups in total. The average molecular weight is 382 g/mol. The van der Waals surface area contributed by atoms with Gasteiger partial charge in [-0.05, 0) is 29.8 Å². The first-order valence-electron chi connectivity index (χ1n) is 8.51. The molecule has 0 bridgehead atoms. The van der Waals surface area contributed by atoms with Crippen molar-refractivity contribution in [2.75, 3.05) is 13.7 Å². The Morgan fingerprint density at radius 3 is 2.14 bits per heavy atom. The van der Waals surface area contributed by atoms with E-state index in [0.29, 0.717) is 5.56 Å². The number of hydrogen-bond acceptors (Lipinski definition) is 6.